The number of hydrogen-bond donors (Lipinski definition) is 2. The zero-order valence-corrected chi connectivity index (χ0v) is 15.6. The van der Waals surface area contributed by atoms with Crippen LogP contribution in [-0.4, -0.2) is 28.8 Å². The second-order valence-corrected chi connectivity index (χ2v) is 6.12. The molecule has 28 heavy (non-hydrogen) atoms. The molecular weight excluding hydrogens is 390 g/mol. The van der Waals surface area contributed by atoms with Crippen molar-refractivity contribution < 1.29 is 24.0 Å². The molecular formula is C18H16ClN3O6. The maximum atomic E-state index is 12.2. The Hall–Kier alpha value is -3.46. The average Bonchev–Trinajstić information content (AvgIpc) is 2.62. The Morgan fingerprint density at radius 3 is 2.14 bits per heavy atom. The van der Waals surface area contributed by atoms with Crippen LogP contribution in [0.15, 0.2) is 42.5 Å². The quantitative estimate of drug-likeness (QED) is 0.430. The summed E-state index contributed by atoms with van der Waals surface area (Å²) in [4.78, 5) is 45.4. The van der Waals surface area contributed by atoms with Crippen LogP contribution in [-0.2, 0) is 14.3 Å². The van der Waals surface area contributed by atoms with Crippen LogP contribution in [0.5, 0.6) is 0 Å². The van der Waals surface area contributed by atoms with Crippen LogP contribution in [0, 0.1) is 10.1 Å². The highest BCUT2D eigenvalue weighted by molar-refractivity contribution is 6.33. The molecule has 2 aromatic carbocycles. The number of hydrogen-bond acceptors (Lipinski definition) is 6. The Morgan fingerprint density at radius 2 is 1.64 bits per heavy atom. The van der Waals surface area contributed by atoms with Crippen LogP contribution in [0.25, 0.3) is 0 Å². The number of nitro groups is 1. The van der Waals surface area contributed by atoms with Crippen molar-refractivity contribution in [2.45, 2.75) is 20.0 Å². The Balaban J connectivity index is 1.99. The Bertz CT molecular complexity index is 929. The summed E-state index contributed by atoms with van der Waals surface area (Å²) >= 11 is 5.88. The minimum atomic E-state index is -1.14. The molecule has 0 unspecified atom stereocenters. The highest BCUT2D eigenvalue weighted by atomic mass is 35.5. The van der Waals surface area contributed by atoms with Crippen molar-refractivity contribution in [3.8, 4) is 0 Å². The van der Waals surface area contributed by atoms with Crippen molar-refractivity contribution >= 4 is 46.4 Å². The SMILES string of the molecule is CC(=O)Nc1ccc(NC(=O)[C@H](C)OC(=O)c2ccc([N+](=O)[O-])cc2Cl)cc1. The van der Waals surface area contributed by atoms with E-state index in [-0.39, 0.29) is 22.2 Å². The number of amides is 2. The van der Waals surface area contributed by atoms with Gasteiger partial charge in [0.2, 0.25) is 5.91 Å². The molecule has 10 heteroatoms. The van der Waals surface area contributed by atoms with Crippen LogP contribution in [0.4, 0.5) is 17.1 Å². The number of nitrogens with zero attached hydrogens (tertiary/aromatic N) is 1. The molecule has 0 aliphatic heterocycles. The van der Waals surface area contributed by atoms with E-state index in [4.69, 9.17) is 16.3 Å². The van der Waals surface area contributed by atoms with E-state index in [9.17, 15) is 24.5 Å². The molecule has 2 amide bonds. The highest BCUT2D eigenvalue weighted by Crippen LogP contribution is 2.23. The van der Waals surface area contributed by atoms with Gasteiger partial charge in [-0.1, -0.05) is 11.6 Å². The maximum Gasteiger partial charge on any atom is 0.340 e. The fourth-order valence-electron chi connectivity index (χ4n) is 2.14. The number of anilines is 2. The van der Waals surface area contributed by atoms with Crippen molar-refractivity contribution in [1.29, 1.82) is 0 Å². The first-order valence-electron chi connectivity index (χ1n) is 8.01. The zero-order chi connectivity index (χ0) is 20.8. The van der Waals surface area contributed by atoms with Gasteiger partial charge in [0.25, 0.3) is 11.6 Å². The van der Waals surface area contributed by atoms with E-state index in [0.29, 0.717) is 11.4 Å². The third-order valence-electron chi connectivity index (χ3n) is 3.51. The summed E-state index contributed by atoms with van der Waals surface area (Å²) in [6.07, 6.45) is -1.14. The van der Waals surface area contributed by atoms with E-state index in [2.05, 4.69) is 10.6 Å². The van der Waals surface area contributed by atoms with Gasteiger partial charge in [-0.25, -0.2) is 4.79 Å². The summed E-state index contributed by atoms with van der Waals surface area (Å²) in [5, 5.41) is 15.7. The molecule has 0 aliphatic rings. The van der Waals surface area contributed by atoms with Gasteiger partial charge >= 0.3 is 5.97 Å². The van der Waals surface area contributed by atoms with Gasteiger partial charge in [0.15, 0.2) is 6.10 Å². The molecule has 0 radical (unpaired) electrons. The first-order chi connectivity index (χ1) is 13.2. The Kier molecular flexibility index (Phi) is 6.67. The molecule has 0 saturated heterocycles. The number of carbonyl (C=O) groups excluding carboxylic acids is 3. The summed E-state index contributed by atoms with van der Waals surface area (Å²) in [5.74, 6) is -1.69. The van der Waals surface area contributed by atoms with Crippen molar-refractivity contribution in [2.24, 2.45) is 0 Å². The number of esters is 1. The van der Waals surface area contributed by atoms with Gasteiger partial charge in [0, 0.05) is 30.4 Å². The molecule has 0 aromatic heterocycles. The van der Waals surface area contributed by atoms with Gasteiger partial charge in [-0.05, 0) is 37.3 Å². The molecule has 2 aromatic rings. The second-order valence-electron chi connectivity index (χ2n) is 5.72. The number of halogens is 1. The molecule has 2 rings (SSSR count). The average molecular weight is 406 g/mol. The fourth-order valence-corrected chi connectivity index (χ4v) is 2.40. The fraction of sp³-hybridized carbons (Fsp3) is 0.167. The predicted molar refractivity (Wildman–Crippen MR) is 102 cm³/mol. The molecule has 0 spiro atoms. The molecule has 0 aliphatic carbocycles. The molecule has 146 valence electrons. The van der Waals surface area contributed by atoms with Crippen molar-refractivity contribution in [2.75, 3.05) is 10.6 Å². The van der Waals surface area contributed by atoms with Gasteiger partial charge in [0.1, 0.15) is 0 Å². The summed E-state index contributed by atoms with van der Waals surface area (Å²) in [5.41, 5.74) is 0.648. The van der Waals surface area contributed by atoms with E-state index < -0.39 is 22.9 Å². The summed E-state index contributed by atoms with van der Waals surface area (Å²) < 4.78 is 5.07. The molecule has 0 bridgehead atoms. The standard InChI is InChI=1S/C18H16ClN3O6/c1-10(17(24)21-13-5-3-12(4-6-13)20-11(2)23)28-18(25)15-8-7-14(22(26)27)9-16(15)19/h3-10H,1-2H3,(H,20,23)(H,21,24)/t10-/m0/s1. The number of non-ortho nitro benzene ring substituents is 1. The van der Waals surface area contributed by atoms with Crippen molar-refractivity contribution in [3.05, 3.63) is 63.2 Å². The first kappa shape index (κ1) is 20.8. The highest BCUT2D eigenvalue weighted by Gasteiger charge is 2.22. The van der Waals surface area contributed by atoms with Crippen LogP contribution in [0.1, 0.15) is 24.2 Å². The van der Waals surface area contributed by atoms with Crippen LogP contribution >= 0.6 is 11.6 Å². The Labute approximate surface area is 164 Å². The summed E-state index contributed by atoms with van der Waals surface area (Å²) in [6, 6.07) is 9.65. The smallest absolute Gasteiger partial charge is 0.340 e. The number of rotatable bonds is 6. The van der Waals surface area contributed by atoms with E-state index >= 15 is 0 Å². The van der Waals surface area contributed by atoms with E-state index in [1.54, 1.807) is 24.3 Å². The number of nitro benzene ring substituents is 1. The lowest BCUT2D eigenvalue weighted by atomic mass is 10.2. The molecule has 0 saturated carbocycles. The Morgan fingerprint density at radius 1 is 1.07 bits per heavy atom. The number of nitrogens with one attached hydrogen (secondary N) is 2. The molecule has 0 heterocycles. The third kappa shape index (κ3) is 5.52. The molecule has 0 fully saturated rings. The maximum absolute atomic E-state index is 12.2. The van der Waals surface area contributed by atoms with Gasteiger partial charge in [-0.2, -0.15) is 0 Å². The third-order valence-corrected chi connectivity index (χ3v) is 3.82. The number of carbonyl (C=O) groups is 3. The largest absolute Gasteiger partial charge is 0.449 e. The van der Waals surface area contributed by atoms with Crippen molar-refractivity contribution in [3.63, 3.8) is 0 Å². The van der Waals surface area contributed by atoms with Gasteiger partial charge < -0.3 is 15.4 Å². The zero-order valence-electron chi connectivity index (χ0n) is 14.9. The number of ether oxygens (including phenoxy) is 1. The molecule has 9 nitrogen and oxygen atoms in total. The first-order valence-corrected chi connectivity index (χ1v) is 8.38. The van der Waals surface area contributed by atoms with E-state index in [1.807, 2.05) is 0 Å². The minimum Gasteiger partial charge on any atom is -0.449 e. The van der Waals surface area contributed by atoms with Crippen LogP contribution in [0.2, 0.25) is 5.02 Å². The van der Waals surface area contributed by atoms with E-state index in [0.717, 1.165) is 18.2 Å². The predicted octanol–water partition coefficient (Wildman–Crippen LogP) is 3.39. The van der Waals surface area contributed by atoms with Crippen LogP contribution in [0.3, 0.4) is 0 Å². The summed E-state index contributed by atoms with van der Waals surface area (Å²) in [6.45, 7) is 2.75. The van der Waals surface area contributed by atoms with Crippen molar-refractivity contribution in [1.82, 2.24) is 0 Å². The lowest BCUT2D eigenvalue weighted by Gasteiger charge is -2.14. The normalized spacial score (nSPS) is 11.2. The summed E-state index contributed by atoms with van der Waals surface area (Å²) in [7, 11) is 0. The number of benzene rings is 2. The monoisotopic (exact) mass is 405 g/mol. The lowest BCUT2D eigenvalue weighted by Crippen LogP contribution is -2.30. The molecule has 1 atom stereocenters. The molecule has 2 N–H and O–H groups in total. The minimum absolute atomic E-state index is 0.0911. The second kappa shape index (κ2) is 8.96. The van der Waals surface area contributed by atoms with Gasteiger partial charge in [-0.15, -0.1) is 0 Å². The lowest BCUT2D eigenvalue weighted by molar-refractivity contribution is -0.384. The van der Waals surface area contributed by atoms with E-state index in [1.165, 1.54) is 13.8 Å². The topological polar surface area (TPSA) is 128 Å². The van der Waals surface area contributed by atoms with Gasteiger partial charge in [0.05, 0.1) is 15.5 Å². The van der Waals surface area contributed by atoms with Gasteiger partial charge in [-0.3, -0.25) is 19.7 Å². The van der Waals surface area contributed by atoms with Crippen LogP contribution < -0.4 is 10.6 Å².